The Morgan fingerprint density at radius 2 is 1.94 bits per heavy atom. The molecule has 0 amide bonds. The van der Waals surface area contributed by atoms with E-state index in [-0.39, 0.29) is 12.2 Å². The van der Waals surface area contributed by atoms with Gasteiger partial charge in [-0.05, 0) is 26.7 Å². The molecule has 2 heterocycles. The third kappa shape index (κ3) is 4.19. The second-order valence-electron chi connectivity index (χ2n) is 5.68. The molecular formula is C14H28N2O2. The van der Waals surface area contributed by atoms with E-state index in [1.54, 1.807) is 5.31 Å². The molecule has 4 unspecified atom stereocenters. The van der Waals surface area contributed by atoms with Gasteiger partial charge < -0.3 is 14.8 Å². The van der Waals surface area contributed by atoms with Crippen molar-refractivity contribution in [2.75, 3.05) is 32.7 Å². The monoisotopic (exact) mass is 258 g/mol. The fraction of sp³-hybridized carbons (Fsp3) is 1.00. The highest BCUT2D eigenvalue weighted by Gasteiger charge is 2.25. The minimum Gasteiger partial charge on any atom is -0.373 e. The van der Waals surface area contributed by atoms with Crippen molar-refractivity contribution < 1.29 is 10.9 Å². The SMILES string of the molecule is [3H]N1CC(C)OC(CCN2CC(C)OC(CC)C2)C1. The van der Waals surface area contributed by atoms with Gasteiger partial charge in [0, 0.05) is 32.7 Å². The smallest absolute Gasteiger partial charge is 0.122 e. The average molecular weight is 258 g/mol. The van der Waals surface area contributed by atoms with E-state index >= 15 is 0 Å². The van der Waals surface area contributed by atoms with Gasteiger partial charge in [-0.3, -0.25) is 4.90 Å². The highest BCUT2D eigenvalue weighted by Crippen LogP contribution is 2.15. The lowest BCUT2D eigenvalue weighted by Crippen LogP contribution is -2.49. The summed E-state index contributed by atoms with van der Waals surface area (Å²) in [7, 11) is 0. The molecule has 2 aliphatic heterocycles. The number of morpholine rings is 2. The molecule has 4 heteroatoms. The standard InChI is InChI=1S/C14H28N2O2/c1-4-13-10-16(9-12(3)18-13)6-5-14-8-15-7-11(2)17-14/h11-15H,4-10H2,1-3H3/i/hT. The van der Waals surface area contributed by atoms with Gasteiger partial charge in [-0.15, -0.1) is 0 Å². The van der Waals surface area contributed by atoms with Crippen LogP contribution < -0.4 is 5.31 Å². The number of hydrogen-bond acceptors (Lipinski definition) is 4. The maximum Gasteiger partial charge on any atom is 0.122 e. The fourth-order valence-electron chi connectivity index (χ4n) is 2.85. The maximum absolute atomic E-state index is 7.77. The summed E-state index contributed by atoms with van der Waals surface area (Å²) in [5.41, 5.74) is 0. The first kappa shape index (κ1) is 12.9. The van der Waals surface area contributed by atoms with E-state index < -0.39 is 0 Å². The fourth-order valence-corrected chi connectivity index (χ4v) is 2.85. The number of nitrogens with zero attached hydrogens (tertiary/aromatic N) is 1. The Morgan fingerprint density at radius 3 is 2.67 bits per heavy atom. The zero-order valence-corrected chi connectivity index (χ0v) is 12.0. The molecule has 1 N–H and O–H groups in total. The van der Waals surface area contributed by atoms with Gasteiger partial charge in [0.05, 0.1) is 24.4 Å². The van der Waals surface area contributed by atoms with Crippen molar-refractivity contribution in [1.82, 2.24) is 10.2 Å². The van der Waals surface area contributed by atoms with Crippen LogP contribution in [-0.2, 0) is 9.47 Å². The second-order valence-corrected chi connectivity index (χ2v) is 5.68. The molecule has 106 valence electrons. The molecule has 0 aromatic carbocycles. The van der Waals surface area contributed by atoms with E-state index in [4.69, 9.17) is 10.9 Å². The molecule has 2 rings (SSSR count). The molecule has 4 nitrogen and oxygen atoms in total. The van der Waals surface area contributed by atoms with Gasteiger partial charge in [0.15, 0.2) is 0 Å². The van der Waals surface area contributed by atoms with E-state index in [9.17, 15) is 0 Å². The molecule has 0 aromatic heterocycles. The van der Waals surface area contributed by atoms with Crippen LogP contribution in [0.2, 0.25) is 1.41 Å². The third-order valence-corrected chi connectivity index (χ3v) is 3.77. The molecule has 18 heavy (non-hydrogen) atoms. The predicted molar refractivity (Wildman–Crippen MR) is 72.9 cm³/mol. The van der Waals surface area contributed by atoms with E-state index in [0.717, 1.165) is 45.6 Å². The Bertz CT molecular complexity index is 270. The summed E-state index contributed by atoms with van der Waals surface area (Å²) in [5.74, 6) is 0. The molecule has 0 spiro atoms. The molecule has 0 saturated carbocycles. The molecule has 0 radical (unpaired) electrons. The van der Waals surface area contributed by atoms with Crippen LogP contribution in [-0.4, -0.2) is 62.0 Å². The van der Waals surface area contributed by atoms with Crippen molar-refractivity contribution in [3.63, 3.8) is 0 Å². The summed E-state index contributed by atoms with van der Waals surface area (Å²) in [6, 6.07) is 0. The lowest BCUT2D eigenvalue weighted by atomic mass is 10.1. The summed E-state index contributed by atoms with van der Waals surface area (Å²) in [4.78, 5) is 2.49. The molecule has 2 saturated heterocycles. The number of hydrogen-bond donors (Lipinski definition) is 1. The molecule has 4 atom stereocenters. The van der Waals surface area contributed by atoms with Crippen LogP contribution in [0.4, 0.5) is 0 Å². The number of nitrogens with one attached hydrogen (secondary N) is 1. The highest BCUT2D eigenvalue weighted by molar-refractivity contribution is 4.78. The van der Waals surface area contributed by atoms with Crippen LogP contribution in [0, 0.1) is 0 Å². The number of rotatable bonds is 4. The topological polar surface area (TPSA) is 33.7 Å². The third-order valence-electron chi connectivity index (χ3n) is 3.77. The van der Waals surface area contributed by atoms with Gasteiger partial charge in [0.1, 0.15) is 1.41 Å². The quantitative estimate of drug-likeness (QED) is 0.823. The Labute approximate surface area is 112 Å². The van der Waals surface area contributed by atoms with Crippen LogP contribution in [0.3, 0.4) is 0 Å². The largest absolute Gasteiger partial charge is 0.373 e. The van der Waals surface area contributed by atoms with E-state index in [1.165, 1.54) is 0 Å². The second kappa shape index (κ2) is 6.85. The average Bonchev–Trinajstić information content (AvgIpc) is 2.34. The van der Waals surface area contributed by atoms with Gasteiger partial charge in [-0.2, -0.15) is 0 Å². The first-order valence-electron chi connectivity index (χ1n) is 7.78. The summed E-state index contributed by atoms with van der Waals surface area (Å²) in [5, 5.41) is 1.63. The molecule has 0 bridgehead atoms. The highest BCUT2D eigenvalue weighted by atomic mass is 16.5. The van der Waals surface area contributed by atoms with Crippen molar-refractivity contribution >= 4 is 0 Å². The van der Waals surface area contributed by atoms with Crippen LogP contribution in [0.5, 0.6) is 0 Å². The van der Waals surface area contributed by atoms with Crippen molar-refractivity contribution in [3.05, 3.63) is 0 Å². The summed E-state index contributed by atoms with van der Waals surface area (Å²) >= 11 is 0. The molecule has 0 aromatic rings. The lowest BCUT2D eigenvalue weighted by Gasteiger charge is -2.37. The first-order valence-corrected chi connectivity index (χ1v) is 7.34. The summed E-state index contributed by atoms with van der Waals surface area (Å²) < 4.78 is 19.6. The molecule has 2 aliphatic rings. The number of ether oxygens (including phenoxy) is 2. The van der Waals surface area contributed by atoms with Crippen molar-refractivity contribution in [2.45, 2.75) is 58.0 Å². The van der Waals surface area contributed by atoms with Crippen LogP contribution >= 0.6 is 0 Å². The zero-order chi connectivity index (χ0) is 13.8. The van der Waals surface area contributed by atoms with Crippen molar-refractivity contribution in [2.24, 2.45) is 0 Å². The Balaban J connectivity index is 1.75. The van der Waals surface area contributed by atoms with Crippen molar-refractivity contribution in [3.8, 4) is 0 Å². The summed E-state index contributed by atoms with van der Waals surface area (Å²) in [6.07, 6.45) is 3.20. The molecule has 2 fully saturated rings. The van der Waals surface area contributed by atoms with Gasteiger partial charge in [0.2, 0.25) is 0 Å². The minimum absolute atomic E-state index is 0.184. The first-order chi connectivity index (χ1) is 9.06. The van der Waals surface area contributed by atoms with Crippen LogP contribution in [0.1, 0.15) is 33.6 Å². The van der Waals surface area contributed by atoms with E-state index in [1.807, 2.05) is 0 Å². The summed E-state index contributed by atoms with van der Waals surface area (Å²) in [6.45, 7) is 11.0. The van der Waals surface area contributed by atoms with Gasteiger partial charge in [-0.25, -0.2) is 0 Å². The van der Waals surface area contributed by atoms with E-state index in [2.05, 4.69) is 25.7 Å². The van der Waals surface area contributed by atoms with Gasteiger partial charge in [0.25, 0.3) is 0 Å². The van der Waals surface area contributed by atoms with Crippen LogP contribution in [0.25, 0.3) is 0 Å². The van der Waals surface area contributed by atoms with Crippen molar-refractivity contribution in [1.29, 1.82) is 0 Å². The van der Waals surface area contributed by atoms with Gasteiger partial charge >= 0.3 is 0 Å². The Morgan fingerprint density at radius 1 is 1.17 bits per heavy atom. The minimum atomic E-state index is 0.184. The normalized spacial score (nSPS) is 40.7. The van der Waals surface area contributed by atoms with E-state index in [0.29, 0.717) is 12.2 Å². The zero-order valence-electron chi connectivity index (χ0n) is 13.0. The predicted octanol–water partition coefficient (Wildman–Crippen LogP) is 1.25. The molecule has 0 aliphatic carbocycles. The van der Waals surface area contributed by atoms with Gasteiger partial charge in [-0.1, -0.05) is 6.92 Å². The maximum atomic E-state index is 7.77. The lowest BCUT2D eigenvalue weighted by molar-refractivity contribution is -0.0852. The molecular weight excluding hydrogens is 228 g/mol. The van der Waals surface area contributed by atoms with Crippen LogP contribution in [0.15, 0.2) is 0 Å². The Kier molecular flexibility index (Phi) is 4.89. The Hall–Kier alpha value is -0.160.